The van der Waals surface area contributed by atoms with Gasteiger partial charge in [0.25, 0.3) is 0 Å². The average molecular weight is 777 g/mol. The number of nitrogens with two attached hydrogens (primary N) is 3. The number of nitrogen functional groups attached to an aromatic ring is 2. The van der Waals surface area contributed by atoms with Gasteiger partial charge in [-0.3, -0.25) is 5.32 Å². The molecule has 0 bridgehead atoms. The smallest absolute Gasteiger partial charge is 0.239 e. The van der Waals surface area contributed by atoms with Crippen molar-refractivity contribution in [2.75, 3.05) is 44.1 Å². The Hall–Kier alpha value is -6.39. The van der Waals surface area contributed by atoms with Crippen LogP contribution in [0.1, 0.15) is 57.4 Å². The summed E-state index contributed by atoms with van der Waals surface area (Å²) >= 11 is 0. The van der Waals surface area contributed by atoms with Gasteiger partial charge in [-0.15, -0.1) is 4.57 Å². The molecule has 0 atom stereocenters. The van der Waals surface area contributed by atoms with Crippen molar-refractivity contribution in [1.29, 1.82) is 0 Å². The minimum atomic E-state index is 0.585. The van der Waals surface area contributed by atoms with Crippen molar-refractivity contribution in [3.63, 3.8) is 0 Å². The number of hydrogen-bond donors (Lipinski definition) is 5. The van der Waals surface area contributed by atoms with E-state index in [0.717, 1.165) is 88.6 Å². The molecule has 58 heavy (non-hydrogen) atoms. The van der Waals surface area contributed by atoms with Crippen molar-refractivity contribution in [2.45, 2.75) is 58.8 Å². The molecule has 298 valence electrons. The molecule has 5 aromatic carbocycles. The van der Waals surface area contributed by atoms with E-state index in [-0.39, 0.29) is 0 Å². The summed E-state index contributed by atoms with van der Waals surface area (Å²) in [5, 5.41) is 9.50. The van der Waals surface area contributed by atoms with Crippen molar-refractivity contribution >= 4 is 61.9 Å². The number of aryl methyl sites for hydroxylation is 1. The van der Waals surface area contributed by atoms with E-state index in [4.69, 9.17) is 30.9 Å². The first kappa shape index (κ1) is 39.8. The molecular formula is C48H56N8O2+2. The second-order valence-electron chi connectivity index (χ2n) is 15.0. The molecule has 8 N–H and O–H groups in total. The summed E-state index contributed by atoms with van der Waals surface area (Å²) in [6, 6.07) is 32.7. The number of anilines is 3. The lowest BCUT2D eigenvalue weighted by molar-refractivity contribution is -0.538. The Morgan fingerprint density at radius 1 is 0.724 bits per heavy atom. The zero-order valence-corrected chi connectivity index (χ0v) is 34.1. The molecule has 1 heterocycles. The monoisotopic (exact) mass is 776 g/mol. The van der Waals surface area contributed by atoms with Crippen molar-refractivity contribution in [2.24, 2.45) is 4.99 Å². The van der Waals surface area contributed by atoms with E-state index in [1.54, 1.807) is 14.2 Å². The van der Waals surface area contributed by atoms with Crippen LogP contribution < -0.4 is 41.5 Å². The van der Waals surface area contributed by atoms with Crippen LogP contribution in [-0.4, -0.2) is 38.0 Å². The van der Waals surface area contributed by atoms with Crippen molar-refractivity contribution in [3.05, 3.63) is 126 Å². The molecule has 0 fully saturated rings. The molecule has 10 nitrogen and oxygen atoms in total. The molecule has 0 unspecified atom stereocenters. The predicted molar refractivity (Wildman–Crippen MR) is 239 cm³/mol. The van der Waals surface area contributed by atoms with Crippen molar-refractivity contribution in [1.82, 2.24) is 10.3 Å². The SMILES string of the molecule is COc1cc(N=C2C=C(C)C(NCCCCCCCCNc3cc4c(cc3C)nc3cc(OC)c(N)cc3[n+]4-c3ccccc3)=CC2)c([NH2+]c2ccccc2)cc1N. The molecule has 1 aromatic heterocycles. The van der Waals surface area contributed by atoms with Gasteiger partial charge >= 0.3 is 0 Å². The van der Waals surface area contributed by atoms with Crippen LogP contribution in [0.3, 0.4) is 0 Å². The highest BCUT2D eigenvalue weighted by molar-refractivity contribution is 6.00. The number of hydrogen-bond acceptors (Lipinski definition) is 8. The van der Waals surface area contributed by atoms with Gasteiger partial charge < -0.3 is 31.6 Å². The summed E-state index contributed by atoms with van der Waals surface area (Å²) in [6.07, 6.45) is 12.3. The fourth-order valence-electron chi connectivity index (χ4n) is 7.60. The average Bonchev–Trinajstić information content (AvgIpc) is 3.23. The van der Waals surface area contributed by atoms with Gasteiger partial charge in [0.2, 0.25) is 16.7 Å². The van der Waals surface area contributed by atoms with Gasteiger partial charge in [-0.25, -0.2) is 9.98 Å². The molecule has 7 rings (SSSR count). The van der Waals surface area contributed by atoms with Crippen LogP contribution in [0.5, 0.6) is 11.5 Å². The van der Waals surface area contributed by atoms with Gasteiger partial charge in [0, 0.05) is 79.1 Å². The Bertz CT molecular complexity index is 2480. The van der Waals surface area contributed by atoms with Gasteiger partial charge in [0.05, 0.1) is 25.6 Å². The second-order valence-corrected chi connectivity index (χ2v) is 15.0. The molecule has 0 saturated heterocycles. The predicted octanol–water partition coefficient (Wildman–Crippen LogP) is 9.03. The quantitative estimate of drug-likeness (QED) is 0.0270. The number of ether oxygens (including phenoxy) is 2. The lowest BCUT2D eigenvalue weighted by Crippen LogP contribution is -2.71. The maximum Gasteiger partial charge on any atom is 0.239 e. The standard InChI is InChI=1S/C48H54N8O2/c1-32-25-35(54-42-30-47(57-3)37(49)27-41(42)53-34-17-11-9-12-18-34)21-22-39(32)51-23-15-7-5-6-8-16-24-52-40-29-46-43(26-33(40)2)55-44-31-48(58-4)38(50)28-45(44)56(46)36-19-13-10-14-20-36/h9-14,17-20,22,25-31,51,53H,5-8,15-16,21,23-24,49H2,1-4H3,(H2,50,52)/p+2. The summed E-state index contributed by atoms with van der Waals surface area (Å²) in [4.78, 5) is 10.1. The Kier molecular flexibility index (Phi) is 12.8. The first-order chi connectivity index (χ1) is 28.3. The number of quaternary nitrogens is 1. The normalized spacial score (nSPS) is 13.4. The minimum Gasteiger partial charge on any atom is -0.495 e. The van der Waals surface area contributed by atoms with Gasteiger partial charge in [0.1, 0.15) is 33.9 Å². The Labute approximate surface area is 341 Å². The molecule has 1 aliphatic rings. The summed E-state index contributed by atoms with van der Waals surface area (Å²) in [5.74, 6) is 1.26. The Morgan fingerprint density at radius 2 is 1.34 bits per heavy atom. The number of para-hydroxylation sites is 2. The van der Waals surface area contributed by atoms with Crippen LogP contribution >= 0.6 is 0 Å². The summed E-state index contributed by atoms with van der Waals surface area (Å²) in [7, 11) is 3.27. The molecule has 0 saturated carbocycles. The van der Waals surface area contributed by atoms with Crippen LogP contribution in [0.4, 0.5) is 34.1 Å². The number of nitrogens with zero attached hydrogens (tertiary/aromatic N) is 3. The number of unbranched alkanes of at least 4 members (excludes halogenated alkanes) is 5. The van der Waals surface area contributed by atoms with E-state index in [1.807, 2.05) is 48.5 Å². The highest BCUT2D eigenvalue weighted by Gasteiger charge is 2.23. The van der Waals surface area contributed by atoms with E-state index < -0.39 is 0 Å². The van der Waals surface area contributed by atoms with Gasteiger partial charge in [-0.2, -0.15) is 0 Å². The van der Waals surface area contributed by atoms with E-state index >= 15 is 0 Å². The highest BCUT2D eigenvalue weighted by Crippen LogP contribution is 2.34. The lowest BCUT2D eigenvalue weighted by Gasteiger charge is -2.17. The number of nitrogens with one attached hydrogen (secondary N) is 2. The molecule has 6 aromatic rings. The Balaban J connectivity index is 0.872. The molecule has 0 aliphatic heterocycles. The zero-order chi connectivity index (χ0) is 40.4. The van der Waals surface area contributed by atoms with Crippen LogP contribution in [-0.2, 0) is 0 Å². The van der Waals surface area contributed by atoms with E-state index in [1.165, 1.54) is 42.5 Å². The molecule has 0 amide bonds. The number of fused-ring (bicyclic) bond motifs is 2. The van der Waals surface area contributed by atoms with Crippen molar-refractivity contribution in [3.8, 4) is 17.2 Å². The highest BCUT2D eigenvalue weighted by atomic mass is 16.5. The topological polar surface area (TPSA) is 140 Å². The number of benzene rings is 5. The third-order valence-electron chi connectivity index (χ3n) is 10.7. The summed E-state index contributed by atoms with van der Waals surface area (Å²) in [5.41, 5.74) is 27.2. The summed E-state index contributed by atoms with van der Waals surface area (Å²) in [6.45, 7) is 6.18. The first-order valence-corrected chi connectivity index (χ1v) is 20.3. The number of aliphatic imine (C=N–C) groups is 1. The number of methoxy groups -OCH3 is 2. The molecule has 0 spiro atoms. The fraction of sp³-hybridized carbons (Fsp3) is 0.271. The van der Waals surface area contributed by atoms with Crippen molar-refractivity contribution < 1.29 is 19.4 Å². The van der Waals surface area contributed by atoms with E-state index in [9.17, 15) is 0 Å². The summed E-state index contributed by atoms with van der Waals surface area (Å²) < 4.78 is 13.3. The molecular weight excluding hydrogens is 721 g/mol. The number of aromatic nitrogens is 2. The molecule has 0 radical (unpaired) electrons. The van der Waals surface area contributed by atoms with E-state index in [2.05, 4.69) is 95.0 Å². The lowest BCUT2D eigenvalue weighted by atomic mass is 10.0. The maximum absolute atomic E-state index is 6.38. The largest absolute Gasteiger partial charge is 0.495 e. The van der Waals surface area contributed by atoms with Crippen LogP contribution in [0.2, 0.25) is 0 Å². The Morgan fingerprint density at radius 3 is 2.05 bits per heavy atom. The number of rotatable bonds is 17. The first-order valence-electron chi connectivity index (χ1n) is 20.3. The van der Waals surface area contributed by atoms with Crippen LogP contribution in [0.25, 0.3) is 27.8 Å². The maximum atomic E-state index is 6.38. The second kappa shape index (κ2) is 18.7. The third kappa shape index (κ3) is 9.41. The zero-order valence-electron chi connectivity index (χ0n) is 34.1. The van der Waals surface area contributed by atoms with Gasteiger partial charge in [-0.05, 0) is 62.1 Å². The van der Waals surface area contributed by atoms with Gasteiger partial charge in [-0.1, -0.05) is 68.2 Å². The minimum absolute atomic E-state index is 0.585. The van der Waals surface area contributed by atoms with Crippen LogP contribution in [0, 0.1) is 6.92 Å². The molecule has 10 heteroatoms. The third-order valence-corrected chi connectivity index (χ3v) is 10.7. The number of allylic oxidation sites excluding steroid dienone is 3. The fourth-order valence-corrected chi connectivity index (χ4v) is 7.60. The van der Waals surface area contributed by atoms with Gasteiger partial charge in [0.15, 0.2) is 5.69 Å². The van der Waals surface area contributed by atoms with E-state index in [0.29, 0.717) is 22.9 Å². The molecule has 1 aliphatic carbocycles. The van der Waals surface area contributed by atoms with Crippen LogP contribution in [0.15, 0.2) is 125 Å².